The molecule has 3 aliphatic heterocycles. The van der Waals surface area contributed by atoms with E-state index in [1.165, 1.54) is 4.90 Å². The van der Waals surface area contributed by atoms with Crippen LogP contribution in [0.4, 0.5) is 0 Å². The number of unbranched alkanes of at least 4 members (excludes halogenated alkanes) is 1. The highest BCUT2D eigenvalue weighted by Crippen LogP contribution is 2.59. The highest BCUT2D eigenvalue weighted by molar-refractivity contribution is 5.98. The van der Waals surface area contributed by atoms with Crippen LogP contribution in [-0.2, 0) is 28.7 Å². The van der Waals surface area contributed by atoms with Gasteiger partial charge in [-0.15, -0.1) is 13.2 Å². The van der Waals surface area contributed by atoms with E-state index in [2.05, 4.69) is 18.5 Å². The summed E-state index contributed by atoms with van der Waals surface area (Å²) in [7, 11) is 0. The molecule has 10 nitrogen and oxygen atoms in total. The third-order valence-corrected chi connectivity index (χ3v) is 8.48. The molecule has 0 aromatic rings. The normalized spacial score (nSPS) is 28.2. The molecular weight excluding hydrogens is 514 g/mol. The number of hydrogen-bond donors (Lipinski definition) is 2. The van der Waals surface area contributed by atoms with Crippen molar-refractivity contribution in [3.8, 4) is 0 Å². The summed E-state index contributed by atoms with van der Waals surface area (Å²) in [4.78, 5) is 57.1. The molecule has 10 heteroatoms. The molecule has 224 valence electrons. The van der Waals surface area contributed by atoms with Crippen molar-refractivity contribution >= 4 is 23.7 Å². The van der Waals surface area contributed by atoms with Gasteiger partial charge in [-0.3, -0.25) is 19.2 Å². The highest BCUT2D eigenvalue weighted by Gasteiger charge is 2.75. The number of aliphatic hydroxyl groups is 1. The van der Waals surface area contributed by atoms with Gasteiger partial charge in [-0.2, -0.15) is 0 Å². The molecule has 0 aromatic heterocycles. The predicted molar refractivity (Wildman–Crippen MR) is 150 cm³/mol. The van der Waals surface area contributed by atoms with Gasteiger partial charge in [0.25, 0.3) is 0 Å². The predicted octanol–water partition coefficient (Wildman–Crippen LogP) is 2.21. The molecule has 0 saturated carbocycles. The van der Waals surface area contributed by atoms with Crippen LogP contribution in [-0.4, -0.2) is 94.7 Å². The molecule has 3 aliphatic rings. The minimum atomic E-state index is -1.17. The summed E-state index contributed by atoms with van der Waals surface area (Å²) in [5.74, 6) is -3.20. The van der Waals surface area contributed by atoms with E-state index in [0.717, 1.165) is 12.8 Å². The summed E-state index contributed by atoms with van der Waals surface area (Å²) in [6.45, 7) is 15.6. The van der Waals surface area contributed by atoms with E-state index >= 15 is 0 Å². The Labute approximate surface area is 238 Å². The topological polar surface area (TPSA) is 125 Å². The number of rotatable bonds is 16. The fraction of sp³-hybridized carbons (Fsp3) is 0.733. The first-order valence-electron chi connectivity index (χ1n) is 14.7. The monoisotopic (exact) mass is 561 g/mol. The zero-order chi connectivity index (χ0) is 29.6. The van der Waals surface area contributed by atoms with Gasteiger partial charge < -0.3 is 29.7 Å². The first-order chi connectivity index (χ1) is 19.1. The van der Waals surface area contributed by atoms with Crippen LogP contribution in [0.2, 0.25) is 0 Å². The lowest BCUT2D eigenvalue weighted by Gasteiger charge is -2.40. The van der Waals surface area contributed by atoms with Crippen molar-refractivity contribution in [2.45, 2.75) is 96.1 Å². The number of aliphatic hydroxyl groups excluding tert-OH is 1. The number of hydrogen-bond acceptors (Lipinski definition) is 7. The number of carbonyl (C=O) groups excluding carboxylic acids is 4. The zero-order valence-corrected chi connectivity index (χ0v) is 24.5. The summed E-state index contributed by atoms with van der Waals surface area (Å²) < 4.78 is 12.2. The molecule has 0 radical (unpaired) electrons. The van der Waals surface area contributed by atoms with Gasteiger partial charge in [-0.25, -0.2) is 0 Å². The Morgan fingerprint density at radius 3 is 2.60 bits per heavy atom. The van der Waals surface area contributed by atoms with E-state index in [1.807, 2.05) is 20.8 Å². The molecule has 1 spiro atoms. The Kier molecular flexibility index (Phi) is 10.9. The number of esters is 1. The van der Waals surface area contributed by atoms with Crippen molar-refractivity contribution in [2.75, 3.05) is 26.2 Å². The molecule has 7 atom stereocenters. The fourth-order valence-corrected chi connectivity index (χ4v) is 6.48. The van der Waals surface area contributed by atoms with Crippen LogP contribution in [0.1, 0.15) is 66.2 Å². The van der Waals surface area contributed by atoms with Crippen molar-refractivity contribution in [1.29, 1.82) is 0 Å². The van der Waals surface area contributed by atoms with E-state index in [9.17, 15) is 24.3 Å². The molecule has 40 heavy (non-hydrogen) atoms. The van der Waals surface area contributed by atoms with Gasteiger partial charge in [0.15, 0.2) is 0 Å². The van der Waals surface area contributed by atoms with Crippen LogP contribution in [0.5, 0.6) is 0 Å². The van der Waals surface area contributed by atoms with Crippen molar-refractivity contribution in [1.82, 2.24) is 15.1 Å². The number of amides is 3. The Bertz CT molecular complexity index is 969. The molecule has 2 bridgehead atoms. The number of nitrogens with one attached hydrogen (secondary N) is 1. The number of allylic oxidation sites excluding steroid dienone is 1. The standard InChI is InChI=1S/C30H47N3O7/c1-7-10-12-23(35)31-17-20(6)39-29(38)24-22-13-14-30(40-22)25(24)27(36)33(21(18-34)19(4)5)26(30)28(37)32(15-9-3)16-11-8-2/h7,9,19-22,24-26,34H,1,3,8,10-18H2,2,4-6H3,(H,31,35)/t20-,21+,22+,24-,25-,26+,30-/m1/s1. The first-order valence-corrected chi connectivity index (χ1v) is 14.7. The van der Waals surface area contributed by atoms with E-state index in [4.69, 9.17) is 9.47 Å². The quantitative estimate of drug-likeness (QED) is 0.219. The number of ether oxygens (including phenoxy) is 2. The smallest absolute Gasteiger partial charge is 0.312 e. The molecule has 3 saturated heterocycles. The fourth-order valence-electron chi connectivity index (χ4n) is 6.48. The van der Waals surface area contributed by atoms with Gasteiger partial charge >= 0.3 is 5.97 Å². The van der Waals surface area contributed by atoms with Gasteiger partial charge in [0.1, 0.15) is 17.7 Å². The maximum absolute atomic E-state index is 14.2. The maximum Gasteiger partial charge on any atom is 0.312 e. The van der Waals surface area contributed by atoms with Crippen LogP contribution in [0.15, 0.2) is 25.3 Å². The summed E-state index contributed by atoms with van der Waals surface area (Å²) >= 11 is 0. The molecule has 3 amide bonds. The third kappa shape index (κ3) is 6.12. The van der Waals surface area contributed by atoms with Crippen LogP contribution in [0.3, 0.4) is 0 Å². The van der Waals surface area contributed by atoms with Crippen molar-refractivity contribution in [2.24, 2.45) is 17.8 Å². The number of nitrogens with zero attached hydrogens (tertiary/aromatic N) is 2. The maximum atomic E-state index is 14.2. The Morgan fingerprint density at radius 2 is 2.00 bits per heavy atom. The SMILES string of the molecule is C=CCCC(=O)NC[C@@H](C)OC(=O)[C@@H]1[C@@H]2CC[C@]3(O2)[C@H](C(=O)N(CC=C)CCCC)N([C@@H](CO)C(C)C)C(=O)[C@@H]13. The highest BCUT2D eigenvalue weighted by atomic mass is 16.6. The van der Waals surface area contributed by atoms with Crippen LogP contribution in [0, 0.1) is 17.8 Å². The summed E-state index contributed by atoms with van der Waals surface area (Å²) in [6.07, 6.45) is 5.71. The Balaban J connectivity index is 1.89. The average molecular weight is 562 g/mol. The zero-order valence-electron chi connectivity index (χ0n) is 24.5. The van der Waals surface area contributed by atoms with Gasteiger partial charge in [0.2, 0.25) is 17.7 Å². The largest absolute Gasteiger partial charge is 0.460 e. The molecule has 2 N–H and O–H groups in total. The van der Waals surface area contributed by atoms with Gasteiger partial charge in [-0.1, -0.05) is 39.3 Å². The molecule has 0 aliphatic carbocycles. The molecular formula is C30H47N3O7. The lowest BCUT2D eigenvalue weighted by Crippen LogP contribution is -2.59. The van der Waals surface area contributed by atoms with E-state index in [0.29, 0.717) is 38.8 Å². The minimum Gasteiger partial charge on any atom is -0.460 e. The molecule has 3 heterocycles. The second-order valence-corrected chi connectivity index (χ2v) is 11.6. The van der Waals surface area contributed by atoms with Crippen molar-refractivity contribution < 1.29 is 33.8 Å². The second kappa shape index (κ2) is 13.8. The number of carbonyl (C=O) groups is 4. The summed E-state index contributed by atoms with van der Waals surface area (Å²) in [5, 5.41) is 13.1. The number of likely N-dealkylation sites (tertiary alicyclic amines) is 1. The lowest BCUT2D eigenvalue weighted by atomic mass is 9.70. The number of fused-ring (bicyclic) bond motifs is 1. The summed E-state index contributed by atoms with van der Waals surface area (Å²) in [6, 6.07) is -1.56. The third-order valence-electron chi connectivity index (χ3n) is 8.48. The Morgan fingerprint density at radius 1 is 1.27 bits per heavy atom. The molecule has 0 unspecified atom stereocenters. The second-order valence-electron chi connectivity index (χ2n) is 11.6. The van der Waals surface area contributed by atoms with E-state index < -0.39 is 47.7 Å². The lowest BCUT2D eigenvalue weighted by molar-refractivity contribution is -0.160. The molecule has 3 fully saturated rings. The minimum absolute atomic E-state index is 0.129. The van der Waals surface area contributed by atoms with Gasteiger partial charge in [0.05, 0.1) is 37.1 Å². The van der Waals surface area contributed by atoms with Crippen LogP contribution in [0.25, 0.3) is 0 Å². The van der Waals surface area contributed by atoms with E-state index in [-0.39, 0.29) is 36.8 Å². The van der Waals surface area contributed by atoms with Crippen LogP contribution >= 0.6 is 0 Å². The first kappa shape index (κ1) is 31.8. The van der Waals surface area contributed by atoms with Gasteiger partial charge in [0, 0.05) is 19.5 Å². The molecule has 0 aromatic carbocycles. The van der Waals surface area contributed by atoms with Crippen molar-refractivity contribution in [3.63, 3.8) is 0 Å². The Hall–Kier alpha value is -2.72. The van der Waals surface area contributed by atoms with Crippen LogP contribution < -0.4 is 5.32 Å². The molecule has 3 rings (SSSR count). The van der Waals surface area contributed by atoms with E-state index in [1.54, 1.807) is 24.0 Å². The van der Waals surface area contributed by atoms with Gasteiger partial charge in [-0.05, 0) is 38.5 Å². The summed E-state index contributed by atoms with van der Waals surface area (Å²) in [5.41, 5.74) is -1.17. The van der Waals surface area contributed by atoms with Crippen molar-refractivity contribution in [3.05, 3.63) is 25.3 Å². The average Bonchev–Trinajstić information content (AvgIpc) is 3.56.